The number of hydrogen-bond acceptors (Lipinski definition) is 6. The van der Waals surface area contributed by atoms with Crippen molar-refractivity contribution >= 4 is 5.91 Å². The average Bonchev–Trinajstić information content (AvgIpc) is 3.20. The molecule has 1 aliphatic rings. The Bertz CT molecular complexity index is 733. The van der Waals surface area contributed by atoms with Gasteiger partial charge in [-0.15, -0.1) is 0 Å². The molecule has 1 saturated heterocycles. The first-order chi connectivity index (χ1) is 11.0. The first-order valence-corrected chi connectivity index (χ1v) is 7.53. The maximum absolute atomic E-state index is 12.2. The predicted octanol–water partition coefficient (Wildman–Crippen LogP) is -0.611. The van der Waals surface area contributed by atoms with E-state index in [0.29, 0.717) is 31.8 Å². The number of nitrogens with one attached hydrogen (secondary N) is 2. The molecule has 9 heteroatoms. The summed E-state index contributed by atoms with van der Waals surface area (Å²) in [6.07, 6.45) is 0.575. The standard InChI is InChI=1S/C14H19N5O4/c1-8-4-10(23-18-8)5-9-6-19(7-11(9)20)13(21)3-2-12-15-14(22)17-16-12/h4,9,11,20H,2-3,5-7H2,1H3,(H2,15,16,17,22)/t9-,11+/m1/s1. The maximum Gasteiger partial charge on any atom is 0.340 e. The van der Waals surface area contributed by atoms with Crippen LogP contribution in [-0.2, 0) is 17.6 Å². The lowest BCUT2D eigenvalue weighted by atomic mass is 10.0. The highest BCUT2D eigenvalue weighted by Crippen LogP contribution is 2.22. The number of aliphatic hydroxyl groups excluding tert-OH is 1. The van der Waals surface area contributed by atoms with Gasteiger partial charge in [-0.3, -0.25) is 9.78 Å². The summed E-state index contributed by atoms with van der Waals surface area (Å²) in [4.78, 5) is 27.3. The second-order valence-electron chi connectivity index (χ2n) is 5.89. The largest absolute Gasteiger partial charge is 0.391 e. The first-order valence-electron chi connectivity index (χ1n) is 7.53. The van der Waals surface area contributed by atoms with Crippen molar-refractivity contribution in [3.05, 3.63) is 33.8 Å². The number of likely N-dealkylation sites (tertiary alicyclic amines) is 1. The maximum atomic E-state index is 12.2. The highest BCUT2D eigenvalue weighted by atomic mass is 16.5. The van der Waals surface area contributed by atoms with Crippen molar-refractivity contribution in [2.24, 2.45) is 5.92 Å². The van der Waals surface area contributed by atoms with Gasteiger partial charge in [0.2, 0.25) is 5.91 Å². The zero-order valence-corrected chi connectivity index (χ0v) is 12.8. The normalized spacial score (nSPS) is 21.0. The summed E-state index contributed by atoms with van der Waals surface area (Å²) in [7, 11) is 0. The number of amides is 1. The number of H-pyrrole nitrogens is 2. The Morgan fingerprint density at radius 3 is 3.00 bits per heavy atom. The van der Waals surface area contributed by atoms with Crippen LogP contribution in [0, 0.1) is 12.8 Å². The molecule has 2 aromatic heterocycles. The van der Waals surface area contributed by atoms with E-state index < -0.39 is 6.10 Å². The number of carbonyl (C=O) groups is 1. The van der Waals surface area contributed by atoms with Crippen LogP contribution in [-0.4, -0.2) is 55.4 Å². The topological polar surface area (TPSA) is 128 Å². The molecule has 0 spiro atoms. The average molecular weight is 321 g/mol. The van der Waals surface area contributed by atoms with E-state index in [4.69, 9.17) is 4.52 Å². The van der Waals surface area contributed by atoms with Crippen LogP contribution in [0.25, 0.3) is 0 Å². The minimum absolute atomic E-state index is 0.0588. The number of hydrogen-bond donors (Lipinski definition) is 3. The van der Waals surface area contributed by atoms with Gasteiger partial charge in [-0.1, -0.05) is 5.16 Å². The van der Waals surface area contributed by atoms with Crippen LogP contribution in [0.15, 0.2) is 15.4 Å². The van der Waals surface area contributed by atoms with Gasteiger partial charge < -0.3 is 14.5 Å². The number of rotatable bonds is 5. The van der Waals surface area contributed by atoms with E-state index in [1.165, 1.54) is 0 Å². The molecule has 23 heavy (non-hydrogen) atoms. The number of aliphatic hydroxyl groups is 1. The van der Waals surface area contributed by atoms with E-state index >= 15 is 0 Å². The summed E-state index contributed by atoms with van der Waals surface area (Å²) in [5.74, 6) is 1.05. The SMILES string of the molecule is Cc1cc(C[C@@H]2CN(C(=O)CCc3n[nH]c(=O)[nH]3)C[C@@H]2O)on1. The molecule has 0 aliphatic carbocycles. The Morgan fingerprint density at radius 2 is 2.35 bits per heavy atom. The summed E-state index contributed by atoms with van der Waals surface area (Å²) in [6, 6.07) is 1.84. The monoisotopic (exact) mass is 321 g/mol. The molecular weight excluding hydrogens is 302 g/mol. The molecule has 1 fully saturated rings. The van der Waals surface area contributed by atoms with E-state index in [9.17, 15) is 14.7 Å². The Hall–Kier alpha value is -2.42. The van der Waals surface area contributed by atoms with Crippen LogP contribution in [0.4, 0.5) is 0 Å². The van der Waals surface area contributed by atoms with Gasteiger partial charge in [0.25, 0.3) is 0 Å². The van der Waals surface area contributed by atoms with E-state index in [1.54, 1.807) is 4.90 Å². The third-order valence-electron chi connectivity index (χ3n) is 4.03. The molecule has 3 N–H and O–H groups in total. The van der Waals surface area contributed by atoms with Crippen molar-refractivity contribution in [2.75, 3.05) is 13.1 Å². The van der Waals surface area contributed by atoms with Crippen LogP contribution in [0.2, 0.25) is 0 Å². The van der Waals surface area contributed by atoms with Gasteiger partial charge in [0.15, 0.2) is 0 Å². The molecule has 0 radical (unpaired) electrons. The minimum Gasteiger partial charge on any atom is -0.391 e. The Kier molecular flexibility index (Phi) is 4.28. The highest BCUT2D eigenvalue weighted by molar-refractivity contribution is 5.76. The minimum atomic E-state index is -0.574. The van der Waals surface area contributed by atoms with Crippen LogP contribution in [0.1, 0.15) is 23.7 Å². The third-order valence-corrected chi connectivity index (χ3v) is 4.03. The van der Waals surface area contributed by atoms with Gasteiger partial charge in [-0.25, -0.2) is 9.89 Å². The van der Waals surface area contributed by atoms with Gasteiger partial charge in [0, 0.05) is 44.3 Å². The Balaban J connectivity index is 1.52. The fourth-order valence-electron chi connectivity index (χ4n) is 2.84. The van der Waals surface area contributed by atoms with Crippen molar-refractivity contribution in [3.8, 4) is 0 Å². The fraction of sp³-hybridized carbons (Fsp3) is 0.571. The summed E-state index contributed by atoms with van der Waals surface area (Å²) in [5.41, 5.74) is 0.417. The lowest BCUT2D eigenvalue weighted by Crippen LogP contribution is -2.29. The number of aromatic nitrogens is 4. The Morgan fingerprint density at radius 1 is 1.52 bits per heavy atom. The van der Waals surface area contributed by atoms with E-state index in [0.717, 1.165) is 11.5 Å². The molecule has 3 rings (SSSR count). The molecule has 2 atom stereocenters. The van der Waals surface area contributed by atoms with Gasteiger partial charge in [-0.05, 0) is 6.92 Å². The number of β-amino-alcohol motifs (C(OH)–C–C–N with tert-alkyl or cyclic N) is 1. The molecule has 0 bridgehead atoms. The van der Waals surface area contributed by atoms with Crippen LogP contribution >= 0.6 is 0 Å². The lowest BCUT2D eigenvalue weighted by Gasteiger charge is -2.15. The summed E-state index contributed by atoms with van der Waals surface area (Å²) < 4.78 is 5.17. The summed E-state index contributed by atoms with van der Waals surface area (Å²) >= 11 is 0. The van der Waals surface area contributed by atoms with E-state index in [1.807, 2.05) is 13.0 Å². The number of nitrogens with zero attached hydrogens (tertiary/aromatic N) is 3. The molecule has 0 aromatic carbocycles. The van der Waals surface area contributed by atoms with E-state index in [2.05, 4.69) is 20.3 Å². The van der Waals surface area contributed by atoms with Crippen LogP contribution in [0.3, 0.4) is 0 Å². The van der Waals surface area contributed by atoms with Crippen LogP contribution < -0.4 is 5.69 Å². The van der Waals surface area contributed by atoms with Gasteiger partial charge in [0.05, 0.1) is 11.8 Å². The smallest absolute Gasteiger partial charge is 0.340 e. The predicted molar refractivity (Wildman–Crippen MR) is 78.6 cm³/mol. The van der Waals surface area contributed by atoms with E-state index in [-0.39, 0.29) is 23.9 Å². The molecule has 1 amide bonds. The first kappa shape index (κ1) is 15.5. The molecule has 0 saturated carbocycles. The summed E-state index contributed by atoms with van der Waals surface area (Å²) in [5, 5.41) is 20.0. The highest BCUT2D eigenvalue weighted by Gasteiger charge is 2.34. The lowest BCUT2D eigenvalue weighted by molar-refractivity contribution is -0.130. The van der Waals surface area contributed by atoms with Gasteiger partial charge in [0.1, 0.15) is 11.6 Å². The molecular formula is C14H19N5O4. The number of aryl methyl sites for hydroxylation is 2. The fourth-order valence-corrected chi connectivity index (χ4v) is 2.84. The zero-order chi connectivity index (χ0) is 16.4. The third kappa shape index (κ3) is 3.67. The number of carbonyl (C=O) groups excluding carboxylic acids is 1. The second kappa shape index (κ2) is 6.37. The zero-order valence-electron chi connectivity index (χ0n) is 12.8. The van der Waals surface area contributed by atoms with Crippen molar-refractivity contribution in [1.82, 2.24) is 25.2 Å². The Labute approximate surface area is 131 Å². The van der Waals surface area contributed by atoms with Crippen molar-refractivity contribution in [1.29, 1.82) is 0 Å². The van der Waals surface area contributed by atoms with Crippen molar-refractivity contribution in [2.45, 2.75) is 32.3 Å². The molecule has 3 heterocycles. The second-order valence-corrected chi connectivity index (χ2v) is 5.89. The van der Waals surface area contributed by atoms with Gasteiger partial charge in [-0.2, -0.15) is 5.10 Å². The molecule has 124 valence electrons. The molecule has 0 unspecified atom stereocenters. The number of aromatic amines is 2. The van der Waals surface area contributed by atoms with Gasteiger partial charge >= 0.3 is 5.69 Å². The van der Waals surface area contributed by atoms with Crippen molar-refractivity contribution < 1.29 is 14.4 Å². The quantitative estimate of drug-likeness (QED) is 0.674. The summed E-state index contributed by atoms with van der Waals surface area (Å²) in [6.45, 7) is 2.64. The molecule has 2 aromatic rings. The molecule has 9 nitrogen and oxygen atoms in total. The van der Waals surface area contributed by atoms with Crippen LogP contribution in [0.5, 0.6) is 0 Å². The molecule has 1 aliphatic heterocycles. The van der Waals surface area contributed by atoms with Crippen molar-refractivity contribution in [3.63, 3.8) is 0 Å².